The van der Waals surface area contributed by atoms with E-state index in [4.69, 9.17) is 4.74 Å². The summed E-state index contributed by atoms with van der Waals surface area (Å²) >= 11 is 0. The smallest absolute Gasteiger partial charge is 0.290 e. The van der Waals surface area contributed by atoms with E-state index in [0.29, 0.717) is 12.6 Å². The first kappa shape index (κ1) is 10.0. The number of benzene rings is 1. The predicted octanol–water partition coefficient (Wildman–Crippen LogP) is 2.78. The number of nitrogens with one attached hydrogen (secondary N) is 1. The van der Waals surface area contributed by atoms with E-state index in [0.717, 1.165) is 5.69 Å². The van der Waals surface area contributed by atoms with Crippen LogP contribution in [0.1, 0.15) is 26.3 Å². The van der Waals surface area contributed by atoms with Gasteiger partial charge in [0.1, 0.15) is 6.61 Å². The summed E-state index contributed by atoms with van der Waals surface area (Å²) in [6, 6.07) is 8.72. The second-order valence-corrected chi connectivity index (χ2v) is 4.66. The van der Waals surface area contributed by atoms with Crippen LogP contribution in [0.25, 0.3) is 0 Å². The SMILES string of the molecule is CC(C)(C)N=C1Nc2ccccc2CO1. The summed E-state index contributed by atoms with van der Waals surface area (Å²) in [6.07, 6.45) is 0. The molecule has 0 saturated carbocycles. The molecule has 2 rings (SSSR count). The molecule has 0 amide bonds. The number of aliphatic imine (C=N–C) groups is 1. The fourth-order valence-electron chi connectivity index (χ4n) is 1.43. The summed E-state index contributed by atoms with van der Waals surface area (Å²) in [7, 11) is 0. The van der Waals surface area contributed by atoms with Crippen molar-refractivity contribution in [3.63, 3.8) is 0 Å². The van der Waals surface area contributed by atoms with Crippen LogP contribution in [0.2, 0.25) is 0 Å². The van der Waals surface area contributed by atoms with Crippen molar-refractivity contribution in [2.24, 2.45) is 4.99 Å². The molecule has 0 bridgehead atoms. The summed E-state index contributed by atoms with van der Waals surface area (Å²) < 4.78 is 5.52. The number of rotatable bonds is 0. The molecular weight excluding hydrogens is 188 g/mol. The fourth-order valence-corrected chi connectivity index (χ4v) is 1.43. The van der Waals surface area contributed by atoms with E-state index in [1.54, 1.807) is 0 Å². The Morgan fingerprint density at radius 3 is 2.73 bits per heavy atom. The van der Waals surface area contributed by atoms with Crippen LogP contribution >= 0.6 is 0 Å². The van der Waals surface area contributed by atoms with Gasteiger partial charge in [0.15, 0.2) is 0 Å². The maximum Gasteiger partial charge on any atom is 0.290 e. The van der Waals surface area contributed by atoms with Gasteiger partial charge in [-0.3, -0.25) is 0 Å². The summed E-state index contributed by atoms with van der Waals surface area (Å²) in [5.41, 5.74) is 2.14. The van der Waals surface area contributed by atoms with E-state index in [1.807, 2.05) is 39.0 Å². The maximum atomic E-state index is 5.52. The van der Waals surface area contributed by atoms with Crippen LogP contribution in [0.5, 0.6) is 0 Å². The van der Waals surface area contributed by atoms with Crippen LogP contribution in [-0.4, -0.2) is 11.6 Å². The van der Waals surface area contributed by atoms with Gasteiger partial charge in [0, 0.05) is 11.3 Å². The molecule has 0 atom stereocenters. The number of para-hydroxylation sites is 1. The largest absolute Gasteiger partial charge is 0.460 e. The van der Waals surface area contributed by atoms with Crippen molar-refractivity contribution in [2.75, 3.05) is 5.32 Å². The number of anilines is 1. The van der Waals surface area contributed by atoms with Gasteiger partial charge in [0.25, 0.3) is 6.02 Å². The average molecular weight is 204 g/mol. The van der Waals surface area contributed by atoms with E-state index in [1.165, 1.54) is 5.56 Å². The van der Waals surface area contributed by atoms with Gasteiger partial charge in [-0.15, -0.1) is 0 Å². The number of amidine groups is 1. The summed E-state index contributed by atoms with van der Waals surface area (Å²) in [6.45, 7) is 6.74. The quantitative estimate of drug-likeness (QED) is 0.705. The van der Waals surface area contributed by atoms with Gasteiger partial charge in [-0.1, -0.05) is 18.2 Å². The Morgan fingerprint density at radius 2 is 2.00 bits per heavy atom. The highest BCUT2D eigenvalue weighted by molar-refractivity contribution is 5.91. The van der Waals surface area contributed by atoms with Crippen LogP contribution < -0.4 is 5.32 Å². The molecule has 3 heteroatoms. The molecule has 1 aromatic rings. The van der Waals surface area contributed by atoms with Gasteiger partial charge in [-0.2, -0.15) is 0 Å². The molecule has 0 aliphatic carbocycles. The number of ether oxygens (including phenoxy) is 1. The molecule has 0 radical (unpaired) electrons. The number of hydrogen-bond donors (Lipinski definition) is 1. The van der Waals surface area contributed by atoms with E-state index >= 15 is 0 Å². The molecule has 3 nitrogen and oxygen atoms in total. The molecule has 1 N–H and O–H groups in total. The highest BCUT2D eigenvalue weighted by Gasteiger charge is 2.16. The molecule has 15 heavy (non-hydrogen) atoms. The third-order valence-electron chi connectivity index (χ3n) is 2.06. The lowest BCUT2D eigenvalue weighted by molar-refractivity contribution is 0.280. The summed E-state index contributed by atoms with van der Waals surface area (Å²) in [5.74, 6) is 0. The van der Waals surface area contributed by atoms with Crippen LogP contribution in [0.4, 0.5) is 5.69 Å². The lowest BCUT2D eigenvalue weighted by atomic mass is 10.1. The second kappa shape index (κ2) is 3.57. The average Bonchev–Trinajstić information content (AvgIpc) is 2.15. The lowest BCUT2D eigenvalue weighted by Gasteiger charge is -2.23. The molecule has 1 aromatic carbocycles. The number of nitrogens with zero attached hydrogens (tertiary/aromatic N) is 1. The minimum absolute atomic E-state index is 0.116. The van der Waals surface area contributed by atoms with Crippen molar-refractivity contribution in [2.45, 2.75) is 32.9 Å². The summed E-state index contributed by atoms with van der Waals surface area (Å²) in [5, 5.41) is 3.18. The molecule has 80 valence electrons. The first-order valence-corrected chi connectivity index (χ1v) is 5.12. The molecular formula is C12H16N2O. The van der Waals surface area contributed by atoms with Gasteiger partial charge < -0.3 is 10.1 Å². The van der Waals surface area contributed by atoms with E-state index in [-0.39, 0.29) is 5.54 Å². The van der Waals surface area contributed by atoms with Crippen LogP contribution in [0, 0.1) is 0 Å². The zero-order valence-corrected chi connectivity index (χ0v) is 9.37. The van der Waals surface area contributed by atoms with Gasteiger partial charge in [-0.05, 0) is 26.8 Å². The maximum absolute atomic E-state index is 5.52. The van der Waals surface area contributed by atoms with Gasteiger partial charge in [0.05, 0.1) is 5.54 Å². The first-order valence-electron chi connectivity index (χ1n) is 5.12. The second-order valence-electron chi connectivity index (χ2n) is 4.66. The Kier molecular flexibility index (Phi) is 2.39. The minimum Gasteiger partial charge on any atom is -0.460 e. The molecule has 0 spiro atoms. The van der Waals surface area contributed by atoms with Crippen LogP contribution in [0.15, 0.2) is 29.3 Å². The number of hydrogen-bond acceptors (Lipinski definition) is 2. The molecule has 0 saturated heterocycles. The van der Waals surface area contributed by atoms with Crippen molar-refractivity contribution < 1.29 is 4.74 Å². The third-order valence-corrected chi connectivity index (χ3v) is 2.06. The van der Waals surface area contributed by atoms with Gasteiger partial charge >= 0.3 is 0 Å². The highest BCUT2D eigenvalue weighted by Crippen LogP contribution is 2.21. The Bertz CT molecular complexity index is 391. The first-order chi connectivity index (χ1) is 7.04. The van der Waals surface area contributed by atoms with Crippen molar-refractivity contribution in [3.8, 4) is 0 Å². The Morgan fingerprint density at radius 1 is 1.27 bits per heavy atom. The third kappa shape index (κ3) is 2.49. The van der Waals surface area contributed by atoms with E-state index in [9.17, 15) is 0 Å². The van der Waals surface area contributed by atoms with E-state index in [2.05, 4.69) is 16.4 Å². The predicted molar refractivity (Wildman–Crippen MR) is 62.0 cm³/mol. The highest BCUT2D eigenvalue weighted by atomic mass is 16.5. The standard InChI is InChI=1S/C12H16N2O/c1-12(2,3)14-11-13-10-7-5-4-6-9(10)8-15-11/h4-7H,8H2,1-3H3,(H,13,14). The Balaban J connectivity index is 2.23. The molecule has 1 heterocycles. The van der Waals surface area contributed by atoms with Gasteiger partial charge in [0.2, 0.25) is 0 Å². The van der Waals surface area contributed by atoms with Gasteiger partial charge in [-0.25, -0.2) is 4.99 Å². The molecule has 0 unspecified atom stereocenters. The van der Waals surface area contributed by atoms with Crippen LogP contribution in [0.3, 0.4) is 0 Å². The van der Waals surface area contributed by atoms with Crippen molar-refractivity contribution in [1.82, 2.24) is 0 Å². The van der Waals surface area contributed by atoms with Crippen molar-refractivity contribution in [3.05, 3.63) is 29.8 Å². The number of fused-ring (bicyclic) bond motifs is 1. The topological polar surface area (TPSA) is 33.6 Å². The normalized spacial score (nSPS) is 17.9. The zero-order chi connectivity index (χ0) is 10.9. The molecule has 0 aromatic heterocycles. The van der Waals surface area contributed by atoms with Crippen LogP contribution in [-0.2, 0) is 11.3 Å². The van der Waals surface area contributed by atoms with Crippen molar-refractivity contribution in [1.29, 1.82) is 0 Å². The minimum atomic E-state index is -0.116. The molecule has 1 aliphatic rings. The Labute approximate surface area is 90.2 Å². The summed E-state index contributed by atoms with van der Waals surface area (Å²) in [4.78, 5) is 4.45. The zero-order valence-electron chi connectivity index (χ0n) is 9.37. The fraction of sp³-hybridized carbons (Fsp3) is 0.417. The van der Waals surface area contributed by atoms with E-state index < -0.39 is 0 Å². The lowest BCUT2D eigenvalue weighted by Crippen LogP contribution is -2.26. The molecule has 1 aliphatic heterocycles. The Hall–Kier alpha value is -1.51. The van der Waals surface area contributed by atoms with Crippen molar-refractivity contribution >= 4 is 11.7 Å². The monoisotopic (exact) mass is 204 g/mol. The molecule has 0 fully saturated rings.